The van der Waals surface area contributed by atoms with E-state index >= 15 is 0 Å². The zero-order valence-electron chi connectivity index (χ0n) is 22.6. The van der Waals surface area contributed by atoms with E-state index < -0.39 is 6.30 Å². The van der Waals surface area contributed by atoms with Gasteiger partial charge in [0.05, 0.1) is 0 Å². The maximum absolute atomic E-state index is 13.1. The number of nitrogens with two attached hydrogens (primary N) is 1. The molecule has 4 heterocycles. The smallest absolute Gasteiger partial charge is 0.404 e. The van der Waals surface area contributed by atoms with Crippen molar-refractivity contribution in [1.82, 2.24) is 24.3 Å². The zero-order valence-corrected chi connectivity index (χ0v) is 22.6. The van der Waals surface area contributed by atoms with Gasteiger partial charge in [0.1, 0.15) is 5.52 Å². The number of alkyl halides is 3. The number of benzene rings is 1. The maximum Gasteiger partial charge on any atom is 0.503 e. The minimum absolute atomic E-state index is 0.0451. The van der Waals surface area contributed by atoms with E-state index in [9.17, 15) is 22.8 Å². The molecule has 0 amide bonds. The van der Waals surface area contributed by atoms with Gasteiger partial charge in [0.2, 0.25) is 0 Å². The number of hydrogen-bond acceptors (Lipinski definition) is 6. The van der Waals surface area contributed by atoms with Crippen LogP contribution in [0.1, 0.15) is 11.3 Å². The number of aliphatic imine (C=N–C) groups is 1. The molecule has 0 bridgehead atoms. The Labute approximate surface area is 233 Å². The molecule has 214 valence electrons. The van der Waals surface area contributed by atoms with Crippen molar-refractivity contribution in [1.29, 1.82) is 0 Å². The third-order valence-corrected chi connectivity index (χ3v) is 7.18. The highest BCUT2D eigenvalue weighted by molar-refractivity contribution is 6.11. The summed E-state index contributed by atoms with van der Waals surface area (Å²) < 4.78 is 41.1. The molecule has 9 nitrogen and oxygen atoms in total. The number of H-pyrrole nitrogens is 1. The number of hydrogen-bond donors (Lipinski definition) is 3. The Kier molecular flexibility index (Phi) is 7.70. The first kappa shape index (κ1) is 28.1. The molecule has 1 saturated heterocycles. The first-order chi connectivity index (χ1) is 19.5. The summed E-state index contributed by atoms with van der Waals surface area (Å²) in [7, 11) is 3.24. The number of halogens is 3. The predicted molar refractivity (Wildman–Crippen MR) is 155 cm³/mol. The van der Waals surface area contributed by atoms with Gasteiger partial charge in [-0.25, -0.2) is 0 Å². The Balaban J connectivity index is 1.66. The molecule has 0 saturated carbocycles. The number of nitrogens with one attached hydrogen (secondary N) is 2. The van der Waals surface area contributed by atoms with Crippen LogP contribution < -0.4 is 22.2 Å². The molecular weight excluding hydrogens is 535 g/mol. The van der Waals surface area contributed by atoms with Crippen molar-refractivity contribution in [2.45, 2.75) is 12.8 Å². The Morgan fingerprint density at radius 2 is 1.76 bits per heavy atom. The fraction of sp³-hybridized carbons (Fsp3) is 0.276. The van der Waals surface area contributed by atoms with Crippen molar-refractivity contribution in [3.8, 4) is 22.3 Å². The van der Waals surface area contributed by atoms with Gasteiger partial charge < -0.3 is 25.2 Å². The lowest BCUT2D eigenvalue weighted by molar-refractivity contribution is -0.118. The molecule has 1 aromatic carbocycles. The standard InChI is InChI=1S/C29H30F3N7O2/c1-37-16-23(19-5-3-4-18(10-19)15-39-8-6-34-7-9-39)21(12-26(37)40)24-17-38(2)28(41)27-22(24)11-25(36-27)20(13-33)14-35-29(30,31)32/h3-5,10-14,16-17,34,36H,6-9,15,33H2,1-2H3. The first-order valence-electron chi connectivity index (χ1n) is 13.0. The quantitative estimate of drug-likeness (QED) is 0.246. The van der Waals surface area contributed by atoms with E-state index in [1.165, 1.54) is 15.2 Å². The maximum atomic E-state index is 13.1. The molecule has 41 heavy (non-hydrogen) atoms. The monoisotopic (exact) mass is 565 g/mol. The largest absolute Gasteiger partial charge is 0.503 e. The minimum Gasteiger partial charge on any atom is -0.404 e. The molecule has 5 rings (SSSR count). The number of pyridine rings is 2. The third-order valence-electron chi connectivity index (χ3n) is 7.18. The predicted octanol–water partition coefficient (Wildman–Crippen LogP) is 3.19. The normalized spacial score (nSPS) is 15.3. The average Bonchev–Trinajstić information content (AvgIpc) is 3.38. The van der Waals surface area contributed by atoms with Gasteiger partial charge in [-0.3, -0.25) is 14.5 Å². The molecule has 4 aromatic rings. The second-order valence-electron chi connectivity index (χ2n) is 10.1. The van der Waals surface area contributed by atoms with Crippen LogP contribution in [0.3, 0.4) is 0 Å². The molecule has 0 unspecified atom stereocenters. The van der Waals surface area contributed by atoms with Crippen molar-refractivity contribution >= 4 is 22.7 Å². The molecule has 12 heteroatoms. The van der Waals surface area contributed by atoms with Gasteiger partial charge in [-0.1, -0.05) is 18.2 Å². The lowest BCUT2D eigenvalue weighted by atomic mass is 9.94. The Morgan fingerprint density at radius 3 is 2.46 bits per heavy atom. The van der Waals surface area contributed by atoms with Crippen molar-refractivity contribution in [3.05, 3.63) is 87.0 Å². The van der Waals surface area contributed by atoms with E-state index in [0.29, 0.717) is 22.7 Å². The number of nitrogens with zero attached hydrogens (tertiary/aromatic N) is 4. The highest BCUT2D eigenvalue weighted by Gasteiger charge is 2.25. The summed E-state index contributed by atoms with van der Waals surface area (Å²) in [5.74, 6) is 0. The van der Waals surface area contributed by atoms with Gasteiger partial charge in [0.15, 0.2) is 0 Å². The summed E-state index contributed by atoms with van der Waals surface area (Å²) in [5.41, 5.74) is 9.21. The summed E-state index contributed by atoms with van der Waals surface area (Å²) in [6.07, 6.45) is 0.189. The summed E-state index contributed by atoms with van der Waals surface area (Å²) in [5, 5.41) is 3.79. The van der Waals surface area contributed by atoms with E-state index in [-0.39, 0.29) is 27.9 Å². The van der Waals surface area contributed by atoms with Gasteiger partial charge in [-0.2, -0.15) is 4.99 Å². The lowest BCUT2D eigenvalue weighted by Gasteiger charge is -2.27. The van der Waals surface area contributed by atoms with Gasteiger partial charge in [-0.15, -0.1) is 13.2 Å². The summed E-state index contributed by atoms with van der Waals surface area (Å²) in [6, 6.07) is 11.2. The fourth-order valence-corrected chi connectivity index (χ4v) is 5.10. The van der Waals surface area contributed by atoms with E-state index in [4.69, 9.17) is 5.73 Å². The highest BCUT2D eigenvalue weighted by Crippen LogP contribution is 2.36. The summed E-state index contributed by atoms with van der Waals surface area (Å²) >= 11 is 0. The molecule has 4 N–H and O–H groups in total. The topological polar surface area (TPSA) is 113 Å². The van der Waals surface area contributed by atoms with Crippen molar-refractivity contribution in [3.63, 3.8) is 0 Å². The van der Waals surface area contributed by atoms with E-state index in [1.54, 1.807) is 32.6 Å². The van der Waals surface area contributed by atoms with Crippen molar-refractivity contribution in [2.24, 2.45) is 24.8 Å². The van der Waals surface area contributed by atoms with Crippen LogP contribution in [0.15, 0.2) is 69.6 Å². The number of aryl methyl sites for hydroxylation is 2. The Hall–Kier alpha value is -4.42. The van der Waals surface area contributed by atoms with Crippen LogP contribution in [0.5, 0.6) is 0 Å². The number of allylic oxidation sites excluding steroid dienone is 1. The molecule has 3 aromatic heterocycles. The SMILES string of the molecule is Cn1cc(-c2cccc(CN3CCNCC3)c2)c(-c2cn(C)c(=O)c3[nH]c(C(C=NC(F)(F)F)=CN)cc23)cc1=O. The summed E-state index contributed by atoms with van der Waals surface area (Å²) in [6.45, 7) is 4.57. The van der Waals surface area contributed by atoms with Gasteiger partial charge in [0.25, 0.3) is 11.1 Å². The Morgan fingerprint density at radius 1 is 1.02 bits per heavy atom. The summed E-state index contributed by atoms with van der Waals surface area (Å²) in [4.78, 5) is 33.8. The van der Waals surface area contributed by atoms with Crippen LogP contribution >= 0.6 is 0 Å². The molecule has 0 spiro atoms. The number of aromatic amines is 1. The molecular formula is C29H30F3N7O2. The van der Waals surface area contributed by atoms with Crippen LogP contribution in [0.25, 0.3) is 38.7 Å². The molecule has 0 radical (unpaired) electrons. The van der Waals surface area contributed by atoms with E-state index in [2.05, 4.69) is 32.3 Å². The van der Waals surface area contributed by atoms with Crippen molar-refractivity contribution < 1.29 is 13.2 Å². The van der Waals surface area contributed by atoms with Crippen LogP contribution in [0, 0.1) is 0 Å². The molecule has 1 aliphatic rings. The number of piperazine rings is 1. The fourth-order valence-electron chi connectivity index (χ4n) is 5.10. The minimum atomic E-state index is -4.78. The average molecular weight is 566 g/mol. The molecule has 1 fully saturated rings. The Bertz CT molecular complexity index is 1770. The number of rotatable bonds is 6. The first-order valence-corrected chi connectivity index (χ1v) is 13.0. The molecule has 0 aliphatic carbocycles. The second-order valence-corrected chi connectivity index (χ2v) is 10.1. The van der Waals surface area contributed by atoms with Crippen LogP contribution in [-0.2, 0) is 20.6 Å². The number of aromatic nitrogens is 3. The number of fused-ring (bicyclic) bond motifs is 1. The van der Waals surface area contributed by atoms with E-state index in [1.807, 2.05) is 12.1 Å². The van der Waals surface area contributed by atoms with Gasteiger partial charge >= 0.3 is 6.30 Å². The van der Waals surface area contributed by atoms with E-state index in [0.717, 1.165) is 55.6 Å². The lowest BCUT2D eigenvalue weighted by Crippen LogP contribution is -2.42. The second kappa shape index (κ2) is 11.2. The van der Waals surface area contributed by atoms with Gasteiger partial charge in [-0.05, 0) is 28.8 Å². The van der Waals surface area contributed by atoms with Crippen LogP contribution in [-0.4, -0.2) is 57.7 Å². The van der Waals surface area contributed by atoms with Crippen LogP contribution in [0.4, 0.5) is 13.2 Å². The van der Waals surface area contributed by atoms with Crippen molar-refractivity contribution in [2.75, 3.05) is 26.2 Å². The molecule has 0 atom stereocenters. The molecule has 1 aliphatic heterocycles. The van der Waals surface area contributed by atoms with Gasteiger partial charge in [0, 0.05) is 105 Å². The highest BCUT2D eigenvalue weighted by atomic mass is 19.4. The van der Waals surface area contributed by atoms with Crippen LogP contribution in [0.2, 0.25) is 0 Å². The zero-order chi connectivity index (χ0) is 29.3. The third kappa shape index (κ3) is 6.03.